The summed E-state index contributed by atoms with van der Waals surface area (Å²) in [5.41, 5.74) is 1.75. The van der Waals surface area contributed by atoms with Crippen LogP contribution in [0.25, 0.3) is 0 Å². The van der Waals surface area contributed by atoms with Gasteiger partial charge in [0.15, 0.2) is 11.5 Å². The van der Waals surface area contributed by atoms with Gasteiger partial charge in [0.05, 0.1) is 27.9 Å². The molecule has 2 aromatic carbocycles. The van der Waals surface area contributed by atoms with Crippen LogP contribution in [0.5, 0.6) is 17.2 Å². The molecule has 7 heteroatoms. The first-order valence-corrected chi connectivity index (χ1v) is 8.91. The van der Waals surface area contributed by atoms with Gasteiger partial charge >= 0.3 is 0 Å². The van der Waals surface area contributed by atoms with E-state index >= 15 is 0 Å². The summed E-state index contributed by atoms with van der Waals surface area (Å²) in [5, 5.41) is 6.72. The third-order valence-corrected chi connectivity index (χ3v) is 4.55. The second-order valence-electron chi connectivity index (χ2n) is 5.92. The fourth-order valence-corrected chi connectivity index (χ4v) is 2.97. The van der Waals surface area contributed by atoms with E-state index < -0.39 is 0 Å². The molecular formula is C20H25ClN2O4. The number of carbonyl (C=O) groups excluding carboxylic acids is 1. The minimum atomic E-state index is -0.134. The highest BCUT2D eigenvalue weighted by molar-refractivity contribution is 6.31. The van der Waals surface area contributed by atoms with Crippen LogP contribution in [0.2, 0.25) is 5.02 Å². The summed E-state index contributed by atoms with van der Waals surface area (Å²) in [4.78, 5) is 12.2. The Labute approximate surface area is 164 Å². The second kappa shape index (κ2) is 10.0. The Morgan fingerprint density at radius 1 is 1.04 bits per heavy atom. The largest absolute Gasteiger partial charge is 0.496 e. The van der Waals surface area contributed by atoms with Crippen LogP contribution in [0.3, 0.4) is 0 Å². The summed E-state index contributed by atoms with van der Waals surface area (Å²) in [6.07, 6.45) is 0. The van der Waals surface area contributed by atoms with Crippen LogP contribution in [-0.4, -0.2) is 33.8 Å². The molecule has 2 aromatic rings. The Kier molecular flexibility index (Phi) is 7.76. The van der Waals surface area contributed by atoms with Gasteiger partial charge in [0.2, 0.25) is 5.91 Å². The number of amides is 1. The van der Waals surface area contributed by atoms with Gasteiger partial charge in [0, 0.05) is 29.2 Å². The van der Waals surface area contributed by atoms with E-state index in [4.69, 9.17) is 25.8 Å². The molecule has 0 spiro atoms. The number of ether oxygens (including phenoxy) is 3. The molecule has 0 aromatic heterocycles. The lowest BCUT2D eigenvalue weighted by atomic mass is 10.1. The number of methoxy groups -OCH3 is 3. The Morgan fingerprint density at radius 3 is 2.30 bits per heavy atom. The number of carbonyl (C=O) groups is 1. The fraction of sp³-hybridized carbons (Fsp3) is 0.350. The molecule has 0 bridgehead atoms. The topological polar surface area (TPSA) is 68.8 Å². The molecule has 0 heterocycles. The molecular weight excluding hydrogens is 368 g/mol. The maximum absolute atomic E-state index is 12.2. The summed E-state index contributed by atoms with van der Waals surface area (Å²) in [7, 11) is 4.69. The van der Waals surface area contributed by atoms with E-state index in [0.717, 1.165) is 11.1 Å². The van der Waals surface area contributed by atoms with Crippen molar-refractivity contribution in [2.24, 2.45) is 0 Å². The molecule has 27 heavy (non-hydrogen) atoms. The molecule has 2 rings (SSSR count). The molecule has 6 nitrogen and oxygen atoms in total. The van der Waals surface area contributed by atoms with E-state index in [1.165, 1.54) is 0 Å². The monoisotopic (exact) mass is 392 g/mol. The van der Waals surface area contributed by atoms with Crippen molar-refractivity contribution < 1.29 is 19.0 Å². The van der Waals surface area contributed by atoms with Crippen LogP contribution in [0.4, 0.5) is 0 Å². The van der Waals surface area contributed by atoms with Crippen molar-refractivity contribution >= 4 is 17.5 Å². The summed E-state index contributed by atoms with van der Waals surface area (Å²) < 4.78 is 15.9. The molecule has 0 radical (unpaired) electrons. The minimum Gasteiger partial charge on any atom is -0.496 e. The maximum Gasteiger partial charge on any atom is 0.234 e. The van der Waals surface area contributed by atoms with Crippen LogP contribution in [-0.2, 0) is 11.3 Å². The van der Waals surface area contributed by atoms with E-state index in [-0.39, 0.29) is 18.5 Å². The van der Waals surface area contributed by atoms with Crippen molar-refractivity contribution in [2.75, 3.05) is 27.9 Å². The zero-order valence-electron chi connectivity index (χ0n) is 16.0. The molecule has 0 saturated carbocycles. The van der Waals surface area contributed by atoms with Gasteiger partial charge in [-0.3, -0.25) is 4.79 Å². The average Bonchev–Trinajstić information content (AvgIpc) is 2.69. The number of hydrogen-bond donors (Lipinski definition) is 2. The van der Waals surface area contributed by atoms with E-state index in [0.29, 0.717) is 28.8 Å². The molecule has 2 N–H and O–H groups in total. The summed E-state index contributed by atoms with van der Waals surface area (Å²) in [6, 6.07) is 11.0. The Bertz CT molecular complexity index is 783. The van der Waals surface area contributed by atoms with E-state index in [1.807, 2.05) is 31.2 Å². The predicted octanol–water partition coefficient (Wildman–Crippen LogP) is 3.33. The second-order valence-corrected chi connectivity index (χ2v) is 6.33. The van der Waals surface area contributed by atoms with Crippen LogP contribution in [0.1, 0.15) is 24.1 Å². The summed E-state index contributed by atoms with van der Waals surface area (Å²) in [5.74, 6) is 1.63. The number of nitrogens with one attached hydrogen (secondary N) is 2. The van der Waals surface area contributed by atoms with Gasteiger partial charge < -0.3 is 24.8 Å². The van der Waals surface area contributed by atoms with Gasteiger partial charge in [0.25, 0.3) is 0 Å². The van der Waals surface area contributed by atoms with Crippen LogP contribution in [0.15, 0.2) is 36.4 Å². The molecule has 0 fully saturated rings. The number of benzene rings is 2. The van der Waals surface area contributed by atoms with Crippen LogP contribution < -0.4 is 24.8 Å². The van der Waals surface area contributed by atoms with Gasteiger partial charge in [-0.05, 0) is 24.6 Å². The number of halogens is 1. The third kappa shape index (κ3) is 5.52. The standard InChI is InChI=1S/C20H25ClN2O4/c1-13(15-7-5-6-8-16(15)21)22-12-20(24)23-11-14-9-18(26-3)19(27-4)10-17(14)25-2/h5-10,13,22H,11-12H2,1-4H3,(H,23,24)/t13-/m0/s1. The maximum atomic E-state index is 12.2. The van der Waals surface area contributed by atoms with Gasteiger partial charge in [-0.1, -0.05) is 29.8 Å². The molecule has 1 atom stereocenters. The van der Waals surface area contributed by atoms with Gasteiger partial charge in [-0.25, -0.2) is 0 Å². The van der Waals surface area contributed by atoms with Crippen LogP contribution >= 0.6 is 11.6 Å². The highest BCUT2D eigenvalue weighted by Crippen LogP contribution is 2.34. The molecule has 0 aliphatic carbocycles. The molecule has 0 aliphatic heterocycles. The van der Waals surface area contributed by atoms with E-state index in [1.54, 1.807) is 33.5 Å². The van der Waals surface area contributed by atoms with Crippen molar-refractivity contribution in [3.63, 3.8) is 0 Å². The predicted molar refractivity (Wildman–Crippen MR) is 106 cm³/mol. The van der Waals surface area contributed by atoms with Gasteiger partial charge in [-0.2, -0.15) is 0 Å². The summed E-state index contributed by atoms with van der Waals surface area (Å²) >= 11 is 6.19. The zero-order valence-corrected chi connectivity index (χ0v) is 16.7. The highest BCUT2D eigenvalue weighted by atomic mass is 35.5. The normalized spacial score (nSPS) is 11.6. The lowest BCUT2D eigenvalue weighted by Gasteiger charge is -2.16. The fourth-order valence-electron chi connectivity index (χ4n) is 2.67. The SMILES string of the molecule is COc1cc(OC)c(OC)cc1CNC(=O)CN[C@@H](C)c1ccccc1Cl. The quantitative estimate of drug-likeness (QED) is 0.685. The molecule has 1 amide bonds. The smallest absolute Gasteiger partial charge is 0.234 e. The van der Waals surface area contributed by atoms with Crippen molar-refractivity contribution in [3.8, 4) is 17.2 Å². The zero-order chi connectivity index (χ0) is 19.8. The molecule has 0 unspecified atom stereocenters. The Morgan fingerprint density at radius 2 is 1.67 bits per heavy atom. The number of hydrogen-bond acceptors (Lipinski definition) is 5. The lowest BCUT2D eigenvalue weighted by molar-refractivity contribution is -0.120. The Hall–Kier alpha value is -2.44. The van der Waals surface area contributed by atoms with Crippen molar-refractivity contribution in [3.05, 3.63) is 52.5 Å². The highest BCUT2D eigenvalue weighted by Gasteiger charge is 2.14. The molecule has 0 saturated heterocycles. The first kappa shape index (κ1) is 20.9. The molecule has 0 aliphatic rings. The summed E-state index contributed by atoms with van der Waals surface area (Å²) in [6.45, 7) is 2.44. The van der Waals surface area contributed by atoms with Crippen molar-refractivity contribution in [1.29, 1.82) is 0 Å². The molecule has 146 valence electrons. The van der Waals surface area contributed by atoms with E-state index in [9.17, 15) is 4.79 Å². The first-order chi connectivity index (χ1) is 13.0. The Balaban J connectivity index is 1.94. The average molecular weight is 393 g/mol. The van der Waals surface area contributed by atoms with Gasteiger partial charge in [0.1, 0.15) is 5.75 Å². The number of rotatable bonds is 9. The first-order valence-electron chi connectivity index (χ1n) is 8.53. The van der Waals surface area contributed by atoms with Gasteiger partial charge in [-0.15, -0.1) is 0 Å². The van der Waals surface area contributed by atoms with Crippen molar-refractivity contribution in [2.45, 2.75) is 19.5 Å². The van der Waals surface area contributed by atoms with E-state index in [2.05, 4.69) is 10.6 Å². The van der Waals surface area contributed by atoms with Crippen LogP contribution in [0, 0.1) is 0 Å². The minimum absolute atomic E-state index is 0.0416. The lowest BCUT2D eigenvalue weighted by Crippen LogP contribution is -2.34. The third-order valence-electron chi connectivity index (χ3n) is 4.20. The van der Waals surface area contributed by atoms with Crippen molar-refractivity contribution in [1.82, 2.24) is 10.6 Å².